The Kier molecular flexibility index (Phi) is 2.82. The second kappa shape index (κ2) is 4.13. The number of ether oxygens (including phenoxy) is 1. The fraction of sp³-hybridized carbons (Fsp3) is 0.600. The van der Waals surface area contributed by atoms with Gasteiger partial charge in [-0.3, -0.25) is 9.89 Å². The molecule has 88 valence electrons. The average Bonchev–Trinajstić information content (AvgIpc) is 2.85. The molecule has 0 spiro atoms. The summed E-state index contributed by atoms with van der Waals surface area (Å²) >= 11 is 0. The van der Waals surface area contributed by atoms with E-state index in [9.17, 15) is 4.79 Å². The molecule has 1 aromatic rings. The van der Waals surface area contributed by atoms with E-state index in [0.717, 1.165) is 19.4 Å². The van der Waals surface area contributed by atoms with Crippen LogP contribution < -0.4 is 11.1 Å². The van der Waals surface area contributed by atoms with Gasteiger partial charge in [0, 0.05) is 13.2 Å². The molecule has 1 amide bonds. The van der Waals surface area contributed by atoms with E-state index >= 15 is 0 Å². The van der Waals surface area contributed by atoms with Crippen LogP contribution >= 0.6 is 0 Å². The second-order valence-electron chi connectivity index (χ2n) is 4.28. The minimum absolute atomic E-state index is 0.244. The minimum Gasteiger partial charge on any atom is -0.396 e. The van der Waals surface area contributed by atoms with Gasteiger partial charge in [0.05, 0.1) is 17.5 Å². The fourth-order valence-corrected chi connectivity index (χ4v) is 1.81. The highest BCUT2D eigenvalue weighted by atomic mass is 16.5. The molecule has 1 saturated heterocycles. The molecule has 1 aromatic heterocycles. The Morgan fingerprint density at radius 1 is 1.81 bits per heavy atom. The molecule has 2 rings (SSSR count). The van der Waals surface area contributed by atoms with Crippen molar-refractivity contribution in [1.82, 2.24) is 15.5 Å². The van der Waals surface area contributed by atoms with Gasteiger partial charge < -0.3 is 15.8 Å². The Labute approximate surface area is 93.5 Å². The molecule has 4 N–H and O–H groups in total. The summed E-state index contributed by atoms with van der Waals surface area (Å²) in [6.07, 6.45) is 3.42. The number of aromatic amines is 1. The van der Waals surface area contributed by atoms with Crippen LogP contribution in [0.5, 0.6) is 0 Å². The van der Waals surface area contributed by atoms with Crippen molar-refractivity contribution in [2.24, 2.45) is 0 Å². The maximum atomic E-state index is 11.7. The van der Waals surface area contributed by atoms with Crippen molar-refractivity contribution in [2.75, 3.05) is 18.9 Å². The van der Waals surface area contributed by atoms with Gasteiger partial charge in [-0.05, 0) is 19.8 Å². The normalized spacial score (nSPS) is 24.6. The number of H-pyrrole nitrogens is 1. The number of carbonyl (C=O) groups is 1. The largest absolute Gasteiger partial charge is 0.396 e. The van der Waals surface area contributed by atoms with Crippen LogP contribution in [0, 0.1) is 0 Å². The summed E-state index contributed by atoms with van der Waals surface area (Å²) in [6, 6.07) is 0. The first-order valence-electron chi connectivity index (χ1n) is 5.32. The second-order valence-corrected chi connectivity index (χ2v) is 4.28. The third-order valence-electron chi connectivity index (χ3n) is 2.82. The van der Waals surface area contributed by atoms with Gasteiger partial charge in [-0.2, -0.15) is 5.10 Å². The first kappa shape index (κ1) is 10.9. The van der Waals surface area contributed by atoms with E-state index in [1.54, 1.807) is 0 Å². The first-order chi connectivity index (χ1) is 7.61. The maximum Gasteiger partial charge on any atom is 0.271 e. The van der Waals surface area contributed by atoms with Gasteiger partial charge in [0.15, 0.2) is 0 Å². The third-order valence-corrected chi connectivity index (χ3v) is 2.82. The summed E-state index contributed by atoms with van der Waals surface area (Å²) in [5, 5.41) is 9.06. The van der Waals surface area contributed by atoms with Gasteiger partial charge in [-0.1, -0.05) is 0 Å². The van der Waals surface area contributed by atoms with E-state index in [1.807, 2.05) is 6.92 Å². The lowest BCUT2D eigenvalue weighted by atomic mass is 10.0. The van der Waals surface area contributed by atoms with Crippen LogP contribution in [0.1, 0.15) is 30.3 Å². The molecule has 6 heteroatoms. The standard InChI is InChI=1S/C10H16N4O2/c1-10(3-2-4-16-10)6-12-9(15)8-7(11)5-13-14-8/h5H,2-4,6,11H2,1H3,(H,12,15)(H,13,14). The van der Waals surface area contributed by atoms with E-state index in [0.29, 0.717) is 17.9 Å². The van der Waals surface area contributed by atoms with Crippen molar-refractivity contribution in [3.63, 3.8) is 0 Å². The molecule has 2 heterocycles. The number of nitrogens with two attached hydrogens (primary N) is 1. The first-order valence-corrected chi connectivity index (χ1v) is 5.32. The van der Waals surface area contributed by atoms with Crippen molar-refractivity contribution in [3.8, 4) is 0 Å². The van der Waals surface area contributed by atoms with Crippen molar-refractivity contribution in [3.05, 3.63) is 11.9 Å². The monoisotopic (exact) mass is 224 g/mol. The predicted octanol–water partition coefficient (Wildman–Crippen LogP) is 0.291. The number of nitrogens with one attached hydrogen (secondary N) is 2. The van der Waals surface area contributed by atoms with E-state index < -0.39 is 0 Å². The third kappa shape index (κ3) is 2.16. The number of amides is 1. The smallest absolute Gasteiger partial charge is 0.271 e. The highest BCUT2D eigenvalue weighted by Crippen LogP contribution is 2.24. The highest BCUT2D eigenvalue weighted by Gasteiger charge is 2.30. The SMILES string of the molecule is CC1(CNC(=O)c2[nH]ncc2N)CCCO1. The van der Waals surface area contributed by atoms with Crippen LogP contribution in [-0.4, -0.2) is 34.9 Å². The number of hydrogen-bond acceptors (Lipinski definition) is 4. The molecule has 0 bridgehead atoms. The Hall–Kier alpha value is -1.56. The summed E-state index contributed by atoms with van der Waals surface area (Å²) in [4.78, 5) is 11.7. The lowest BCUT2D eigenvalue weighted by molar-refractivity contribution is 0.0205. The van der Waals surface area contributed by atoms with Crippen LogP contribution in [0.4, 0.5) is 5.69 Å². The van der Waals surface area contributed by atoms with E-state index in [1.165, 1.54) is 6.20 Å². The molecule has 1 atom stereocenters. The van der Waals surface area contributed by atoms with Crippen LogP contribution in [0.2, 0.25) is 0 Å². The van der Waals surface area contributed by atoms with E-state index in [4.69, 9.17) is 10.5 Å². The van der Waals surface area contributed by atoms with Gasteiger partial charge >= 0.3 is 0 Å². The van der Waals surface area contributed by atoms with Crippen molar-refractivity contribution in [2.45, 2.75) is 25.4 Å². The zero-order valence-corrected chi connectivity index (χ0v) is 9.25. The molecule has 0 saturated carbocycles. The Balaban J connectivity index is 1.91. The van der Waals surface area contributed by atoms with Gasteiger partial charge in [-0.15, -0.1) is 0 Å². The molecule has 1 aliphatic heterocycles. The zero-order valence-electron chi connectivity index (χ0n) is 9.25. The zero-order chi connectivity index (χ0) is 11.6. The quantitative estimate of drug-likeness (QED) is 0.688. The molecule has 0 radical (unpaired) electrons. The van der Waals surface area contributed by atoms with Crippen LogP contribution in [0.15, 0.2) is 6.20 Å². The van der Waals surface area contributed by atoms with E-state index in [-0.39, 0.29) is 11.5 Å². The molecular weight excluding hydrogens is 208 g/mol. The molecule has 16 heavy (non-hydrogen) atoms. The maximum absolute atomic E-state index is 11.7. The molecule has 6 nitrogen and oxygen atoms in total. The lowest BCUT2D eigenvalue weighted by Crippen LogP contribution is -2.40. The Bertz CT molecular complexity index is 382. The van der Waals surface area contributed by atoms with Gasteiger partial charge in [-0.25, -0.2) is 0 Å². The minimum atomic E-state index is -0.246. The summed E-state index contributed by atoms with van der Waals surface area (Å²) in [6.45, 7) is 3.25. The number of carbonyl (C=O) groups excluding carboxylic acids is 1. The summed E-state index contributed by atoms with van der Waals surface area (Å²) < 4.78 is 5.57. The molecule has 0 aromatic carbocycles. The summed E-state index contributed by atoms with van der Waals surface area (Å²) in [5.41, 5.74) is 5.99. The molecular formula is C10H16N4O2. The number of rotatable bonds is 3. The molecule has 0 aliphatic carbocycles. The van der Waals surface area contributed by atoms with Gasteiger partial charge in [0.25, 0.3) is 5.91 Å². The van der Waals surface area contributed by atoms with Crippen molar-refractivity contribution in [1.29, 1.82) is 0 Å². The fourth-order valence-electron chi connectivity index (χ4n) is 1.81. The topological polar surface area (TPSA) is 93.0 Å². The van der Waals surface area contributed by atoms with Crippen LogP contribution in [0.3, 0.4) is 0 Å². The molecule has 1 aliphatic rings. The highest BCUT2D eigenvalue weighted by molar-refractivity contribution is 5.96. The average molecular weight is 224 g/mol. The van der Waals surface area contributed by atoms with Crippen LogP contribution in [0.25, 0.3) is 0 Å². The summed E-state index contributed by atoms with van der Waals surface area (Å²) in [5.74, 6) is -0.244. The van der Waals surface area contributed by atoms with Crippen molar-refractivity contribution < 1.29 is 9.53 Å². The van der Waals surface area contributed by atoms with E-state index in [2.05, 4.69) is 15.5 Å². The number of anilines is 1. The predicted molar refractivity (Wildman–Crippen MR) is 58.9 cm³/mol. The number of nitrogen functional groups attached to an aromatic ring is 1. The van der Waals surface area contributed by atoms with Gasteiger partial charge in [0.2, 0.25) is 0 Å². The summed E-state index contributed by atoms with van der Waals surface area (Å²) in [7, 11) is 0. The Morgan fingerprint density at radius 2 is 2.62 bits per heavy atom. The number of hydrogen-bond donors (Lipinski definition) is 3. The molecule has 1 unspecified atom stereocenters. The number of nitrogens with zero attached hydrogens (tertiary/aromatic N) is 1. The van der Waals surface area contributed by atoms with Gasteiger partial charge in [0.1, 0.15) is 5.69 Å². The number of aromatic nitrogens is 2. The lowest BCUT2D eigenvalue weighted by Gasteiger charge is -2.23. The molecule has 1 fully saturated rings. The Morgan fingerprint density at radius 3 is 3.19 bits per heavy atom. The van der Waals surface area contributed by atoms with Crippen molar-refractivity contribution >= 4 is 11.6 Å². The van der Waals surface area contributed by atoms with Crippen LogP contribution in [-0.2, 0) is 4.74 Å².